The summed E-state index contributed by atoms with van der Waals surface area (Å²) >= 11 is 0. The van der Waals surface area contributed by atoms with Crippen LogP contribution in [0.25, 0.3) is 0 Å². The maximum absolute atomic E-state index is 13.3. The van der Waals surface area contributed by atoms with Crippen LogP contribution in [0.15, 0.2) is 12.1 Å². The lowest BCUT2D eigenvalue weighted by Gasteiger charge is -2.25. The van der Waals surface area contributed by atoms with E-state index in [0.717, 1.165) is 25.0 Å². The number of halogens is 2. The SMILES string of the molecule is OB(O)c1c(F)cc(OCC2CCC2)cc1F. The van der Waals surface area contributed by atoms with Gasteiger partial charge in [-0.25, -0.2) is 8.78 Å². The average Bonchev–Trinajstić information content (AvgIpc) is 2.13. The fraction of sp³-hybridized carbons (Fsp3) is 0.455. The van der Waals surface area contributed by atoms with E-state index in [0.29, 0.717) is 12.5 Å². The molecule has 0 bridgehead atoms. The molecular weight excluding hydrogens is 229 g/mol. The summed E-state index contributed by atoms with van der Waals surface area (Å²) in [4.78, 5) is 0. The molecular formula is C11H13BF2O3. The highest BCUT2D eigenvalue weighted by molar-refractivity contribution is 6.58. The Hall–Kier alpha value is -1.14. The Morgan fingerprint density at radius 1 is 1.24 bits per heavy atom. The van der Waals surface area contributed by atoms with Crippen molar-refractivity contribution >= 4 is 12.6 Å². The van der Waals surface area contributed by atoms with Crippen LogP contribution in [0.4, 0.5) is 8.78 Å². The van der Waals surface area contributed by atoms with Gasteiger partial charge in [0.25, 0.3) is 0 Å². The first-order valence-electron chi connectivity index (χ1n) is 5.56. The molecule has 3 nitrogen and oxygen atoms in total. The summed E-state index contributed by atoms with van der Waals surface area (Å²) in [6.45, 7) is 0.444. The second-order valence-corrected chi connectivity index (χ2v) is 4.28. The van der Waals surface area contributed by atoms with Gasteiger partial charge in [0, 0.05) is 12.1 Å². The highest BCUT2D eigenvalue weighted by Crippen LogP contribution is 2.27. The van der Waals surface area contributed by atoms with Crippen molar-refractivity contribution in [2.24, 2.45) is 5.92 Å². The summed E-state index contributed by atoms with van der Waals surface area (Å²) in [6.07, 6.45) is 3.34. The highest BCUT2D eigenvalue weighted by atomic mass is 19.1. The van der Waals surface area contributed by atoms with Crippen LogP contribution in [0.1, 0.15) is 19.3 Å². The predicted molar refractivity (Wildman–Crippen MR) is 59.0 cm³/mol. The highest BCUT2D eigenvalue weighted by Gasteiger charge is 2.23. The molecule has 1 aliphatic carbocycles. The van der Waals surface area contributed by atoms with Crippen LogP contribution >= 0.6 is 0 Å². The van der Waals surface area contributed by atoms with E-state index < -0.39 is 24.2 Å². The number of hydrogen-bond acceptors (Lipinski definition) is 3. The van der Waals surface area contributed by atoms with Gasteiger partial charge >= 0.3 is 7.12 Å². The summed E-state index contributed by atoms with van der Waals surface area (Å²) < 4.78 is 31.9. The molecule has 2 rings (SSSR count). The fourth-order valence-corrected chi connectivity index (χ4v) is 1.76. The standard InChI is InChI=1S/C11H13BF2O3/c13-9-4-8(17-6-7-2-1-3-7)5-10(14)11(9)12(15)16/h4-5,7,15-16H,1-3,6H2. The lowest BCUT2D eigenvalue weighted by Crippen LogP contribution is -2.35. The van der Waals surface area contributed by atoms with Crippen LogP contribution in [0.3, 0.4) is 0 Å². The second kappa shape index (κ2) is 5.02. The maximum atomic E-state index is 13.3. The molecule has 92 valence electrons. The first-order chi connectivity index (χ1) is 8.08. The Balaban J connectivity index is 2.08. The molecule has 6 heteroatoms. The Kier molecular flexibility index (Phi) is 3.64. The third-order valence-electron chi connectivity index (χ3n) is 3.02. The van der Waals surface area contributed by atoms with Crippen LogP contribution in [0.2, 0.25) is 0 Å². The van der Waals surface area contributed by atoms with E-state index >= 15 is 0 Å². The minimum absolute atomic E-state index is 0.0799. The Morgan fingerprint density at radius 2 is 1.82 bits per heavy atom. The zero-order valence-electron chi connectivity index (χ0n) is 9.20. The molecule has 0 unspecified atom stereocenters. The van der Waals surface area contributed by atoms with Crippen molar-refractivity contribution in [1.29, 1.82) is 0 Å². The number of ether oxygens (including phenoxy) is 1. The molecule has 1 fully saturated rings. The zero-order valence-corrected chi connectivity index (χ0v) is 9.20. The van der Waals surface area contributed by atoms with Crippen molar-refractivity contribution in [3.05, 3.63) is 23.8 Å². The van der Waals surface area contributed by atoms with Crippen molar-refractivity contribution in [1.82, 2.24) is 0 Å². The van der Waals surface area contributed by atoms with Gasteiger partial charge in [0.15, 0.2) is 0 Å². The van der Waals surface area contributed by atoms with Gasteiger partial charge in [-0.2, -0.15) is 0 Å². The molecule has 0 saturated heterocycles. The van der Waals surface area contributed by atoms with Crippen molar-refractivity contribution < 1.29 is 23.6 Å². The molecule has 0 aliphatic heterocycles. The van der Waals surface area contributed by atoms with Gasteiger partial charge in [-0.1, -0.05) is 6.42 Å². The Bertz CT molecular complexity index is 385. The van der Waals surface area contributed by atoms with Crippen molar-refractivity contribution in [3.8, 4) is 5.75 Å². The Morgan fingerprint density at radius 3 is 2.24 bits per heavy atom. The molecule has 1 aromatic carbocycles. The first kappa shape index (κ1) is 12.3. The molecule has 1 saturated carbocycles. The molecule has 2 N–H and O–H groups in total. The van der Waals surface area contributed by atoms with Crippen LogP contribution in [0.5, 0.6) is 5.75 Å². The van der Waals surface area contributed by atoms with E-state index in [4.69, 9.17) is 14.8 Å². The van der Waals surface area contributed by atoms with E-state index in [2.05, 4.69) is 0 Å². The van der Waals surface area contributed by atoms with Crippen LogP contribution in [0, 0.1) is 17.6 Å². The van der Waals surface area contributed by atoms with E-state index in [9.17, 15) is 8.78 Å². The lowest BCUT2D eigenvalue weighted by atomic mass is 9.79. The molecule has 1 aliphatic rings. The number of rotatable bonds is 4. The summed E-state index contributed by atoms with van der Waals surface area (Å²) in [6, 6.07) is 1.94. The number of benzene rings is 1. The van der Waals surface area contributed by atoms with Gasteiger partial charge < -0.3 is 14.8 Å². The van der Waals surface area contributed by atoms with Crippen LogP contribution in [-0.4, -0.2) is 23.8 Å². The summed E-state index contributed by atoms with van der Waals surface area (Å²) in [5, 5.41) is 17.6. The fourth-order valence-electron chi connectivity index (χ4n) is 1.76. The normalized spacial score (nSPS) is 15.5. The number of hydrogen-bond donors (Lipinski definition) is 2. The van der Waals surface area contributed by atoms with E-state index in [1.807, 2.05) is 0 Å². The van der Waals surface area contributed by atoms with Gasteiger partial charge in [-0.15, -0.1) is 0 Å². The molecule has 17 heavy (non-hydrogen) atoms. The van der Waals surface area contributed by atoms with Crippen LogP contribution in [-0.2, 0) is 0 Å². The molecule has 0 aromatic heterocycles. The zero-order chi connectivity index (χ0) is 12.4. The van der Waals surface area contributed by atoms with Crippen molar-refractivity contribution in [2.45, 2.75) is 19.3 Å². The summed E-state index contributed by atoms with van der Waals surface area (Å²) in [5.74, 6) is -1.48. The van der Waals surface area contributed by atoms with Crippen molar-refractivity contribution in [3.63, 3.8) is 0 Å². The molecule has 0 heterocycles. The third-order valence-corrected chi connectivity index (χ3v) is 3.02. The van der Waals surface area contributed by atoms with Gasteiger partial charge in [-0.3, -0.25) is 0 Å². The third kappa shape index (κ3) is 2.76. The van der Waals surface area contributed by atoms with Crippen molar-refractivity contribution in [2.75, 3.05) is 6.61 Å². The van der Waals surface area contributed by atoms with E-state index in [1.54, 1.807) is 0 Å². The average molecular weight is 242 g/mol. The molecule has 0 amide bonds. The lowest BCUT2D eigenvalue weighted by molar-refractivity contribution is 0.180. The molecule has 0 radical (unpaired) electrons. The minimum Gasteiger partial charge on any atom is -0.493 e. The van der Waals surface area contributed by atoms with E-state index in [-0.39, 0.29) is 5.75 Å². The minimum atomic E-state index is -2.16. The quantitative estimate of drug-likeness (QED) is 0.768. The smallest absolute Gasteiger partial charge is 0.493 e. The molecule has 0 atom stereocenters. The van der Waals surface area contributed by atoms with Gasteiger partial charge in [0.2, 0.25) is 0 Å². The summed E-state index contributed by atoms with van der Waals surface area (Å²) in [5.41, 5.74) is -0.749. The molecule has 1 aromatic rings. The maximum Gasteiger partial charge on any atom is 0.494 e. The van der Waals surface area contributed by atoms with Crippen LogP contribution < -0.4 is 10.2 Å². The van der Waals surface area contributed by atoms with Gasteiger partial charge in [-0.05, 0) is 18.8 Å². The molecule has 0 spiro atoms. The largest absolute Gasteiger partial charge is 0.494 e. The monoisotopic (exact) mass is 242 g/mol. The first-order valence-corrected chi connectivity index (χ1v) is 5.56. The topological polar surface area (TPSA) is 49.7 Å². The Labute approximate surface area is 98.2 Å². The van der Waals surface area contributed by atoms with E-state index in [1.165, 1.54) is 6.42 Å². The predicted octanol–water partition coefficient (Wildman–Crippen LogP) is 0.824. The van der Waals surface area contributed by atoms with Gasteiger partial charge in [0.05, 0.1) is 12.1 Å². The van der Waals surface area contributed by atoms with Gasteiger partial charge in [0.1, 0.15) is 17.4 Å². The second-order valence-electron chi connectivity index (χ2n) is 4.28. The summed E-state index contributed by atoms with van der Waals surface area (Å²) in [7, 11) is -2.16.